The molecule has 2 rings (SSSR count). The first-order chi connectivity index (χ1) is 8.73. The third-order valence-electron chi connectivity index (χ3n) is 3.61. The number of ether oxygens (including phenoxy) is 1. The van der Waals surface area contributed by atoms with Gasteiger partial charge in [0.1, 0.15) is 0 Å². The zero-order chi connectivity index (χ0) is 13.0. The highest BCUT2D eigenvalue weighted by atomic mass is 79.9. The first kappa shape index (κ1) is 13.3. The second-order valence-electron chi connectivity index (χ2n) is 4.62. The normalized spacial score (nSPS) is 22.8. The summed E-state index contributed by atoms with van der Waals surface area (Å²) in [6.45, 7) is 0. The lowest BCUT2D eigenvalue weighted by atomic mass is 9.71. The SMILES string of the molecule is COC(=O)C1(c2ccc(CBr)cc2)CC=CCC1. The van der Waals surface area contributed by atoms with Crippen molar-refractivity contribution in [2.45, 2.75) is 30.0 Å². The third-order valence-corrected chi connectivity index (χ3v) is 4.26. The molecule has 18 heavy (non-hydrogen) atoms. The third kappa shape index (κ3) is 2.37. The minimum atomic E-state index is -0.492. The minimum Gasteiger partial charge on any atom is -0.468 e. The number of rotatable bonds is 3. The van der Waals surface area contributed by atoms with Gasteiger partial charge in [0.15, 0.2) is 0 Å². The molecule has 1 atom stereocenters. The Labute approximate surface area is 116 Å². The van der Waals surface area contributed by atoms with Crippen molar-refractivity contribution in [3.63, 3.8) is 0 Å². The van der Waals surface area contributed by atoms with E-state index in [1.165, 1.54) is 12.7 Å². The molecular formula is C15H17BrO2. The number of carbonyl (C=O) groups is 1. The Bertz CT molecular complexity index is 450. The molecule has 1 aromatic carbocycles. The number of hydrogen-bond donors (Lipinski definition) is 0. The summed E-state index contributed by atoms with van der Waals surface area (Å²) in [5, 5.41) is 0.832. The molecule has 1 unspecified atom stereocenters. The summed E-state index contributed by atoms with van der Waals surface area (Å²) >= 11 is 3.43. The van der Waals surface area contributed by atoms with Gasteiger partial charge in [-0.1, -0.05) is 52.3 Å². The molecule has 0 aliphatic heterocycles. The van der Waals surface area contributed by atoms with Crippen molar-refractivity contribution < 1.29 is 9.53 Å². The van der Waals surface area contributed by atoms with Gasteiger partial charge in [-0.2, -0.15) is 0 Å². The average molecular weight is 309 g/mol. The lowest BCUT2D eigenvalue weighted by Crippen LogP contribution is -2.37. The highest BCUT2D eigenvalue weighted by molar-refractivity contribution is 9.08. The molecule has 3 heteroatoms. The van der Waals surface area contributed by atoms with Crippen molar-refractivity contribution in [3.05, 3.63) is 47.5 Å². The predicted octanol–water partition coefficient (Wildman–Crippen LogP) is 3.73. The second-order valence-corrected chi connectivity index (χ2v) is 5.18. The van der Waals surface area contributed by atoms with Gasteiger partial charge in [0, 0.05) is 5.33 Å². The van der Waals surface area contributed by atoms with E-state index in [1.54, 1.807) is 0 Å². The second kappa shape index (κ2) is 5.70. The molecule has 0 saturated heterocycles. The molecule has 1 aliphatic carbocycles. The Morgan fingerprint density at radius 2 is 2.06 bits per heavy atom. The highest BCUT2D eigenvalue weighted by Crippen LogP contribution is 2.38. The Morgan fingerprint density at radius 3 is 2.56 bits per heavy atom. The van der Waals surface area contributed by atoms with Crippen LogP contribution in [0.1, 0.15) is 30.4 Å². The molecule has 0 spiro atoms. The molecule has 0 saturated carbocycles. The van der Waals surface area contributed by atoms with Gasteiger partial charge >= 0.3 is 5.97 Å². The average Bonchev–Trinajstić information content (AvgIpc) is 2.47. The van der Waals surface area contributed by atoms with Gasteiger partial charge in [0.25, 0.3) is 0 Å². The van der Waals surface area contributed by atoms with Crippen molar-refractivity contribution in [1.82, 2.24) is 0 Å². The zero-order valence-corrected chi connectivity index (χ0v) is 12.1. The fourth-order valence-corrected chi connectivity index (χ4v) is 2.88. The van der Waals surface area contributed by atoms with Crippen molar-refractivity contribution in [2.24, 2.45) is 0 Å². The van der Waals surface area contributed by atoms with E-state index in [1.807, 2.05) is 12.1 Å². The smallest absolute Gasteiger partial charge is 0.316 e. The molecule has 0 radical (unpaired) electrons. The van der Waals surface area contributed by atoms with Crippen LogP contribution in [0.3, 0.4) is 0 Å². The van der Waals surface area contributed by atoms with Crippen LogP contribution < -0.4 is 0 Å². The highest BCUT2D eigenvalue weighted by Gasteiger charge is 2.40. The van der Waals surface area contributed by atoms with E-state index >= 15 is 0 Å². The van der Waals surface area contributed by atoms with Crippen LogP contribution in [0, 0.1) is 0 Å². The fourth-order valence-electron chi connectivity index (χ4n) is 2.51. The van der Waals surface area contributed by atoms with Crippen LogP contribution in [0.5, 0.6) is 0 Å². The zero-order valence-electron chi connectivity index (χ0n) is 10.5. The minimum absolute atomic E-state index is 0.126. The van der Waals surface area contributed by atoms with E-state index in [-0.39, 0.29) is 5.97 Å². The van der Waals surface area contributed by atoms with Gasteiger partial charge in [0.2, 0.25) is 0 Å². The van der Waals surface area contributed by atoms with Crippen LogP contribution in [0.25, 0.3) is 0 Å². The number of benzene rings is 1. The molecule has 0 amide bonds. The monoisotopic (exact) mass is 308 g/mol. The van der Waals surface area contributed by atoms with Gasteiger partial charge in [0.05, 0.1) is 12.5 Å². The van der Waals surface area contributed by atoms with Crippen LogP contribution in [0.15, 0.2) is 36.4 Å². The van der Waals surface area contributed by atoms with Crippen molar-refractivity contribution in [3.8, 4) is 0 Å². The molecule has 2 nitrogen and oxygen atoms in total. The lowest BCUT2D eigenvalue weighted by Gasteiger charge is -2.32. The van der Waals surface area contributed by atoms with Gasteiger partial charge in [-0.25, -0.2) is 0 Å². The molecule has 96 valence electrons. The number of methoxy groups -OCH3 is 1. The number of hydrogen-bond acceptors (Lipinski definition) is 2. The predicted molar refractivity (Wildman–Crippen MR) is 75.8 cm³/mol. The van der Waals surface area contributed by atoms with Crippen LogP contribution in [0.2, 0.25) is 0 Å². The molecule has 0 fully saturated rings. The molecule has 1 aliphatic rings. The van der Waals surface area contributed by atoms with Gasteiger partial charge in [-0.15, -0.1) is 0 Å². The van der Waals surface area contributed by atoms with E-state index in [2.05, 4.69) is 40.2 Å². The number of esters is 1. The molecule has 0 N–H and O–H groups in total. The standard InChI is InChI=1S/C15H17BrO2/c1-18-14(17)15(9-3-2-4-10-15)13-7-5-12(11-16)6-8-13/h2-3,5-8H,4,9-11H2,1H3. The van der Waals surface area contributed by atoms with Crippen LogP contribution in [-0.4, -0.2) is 13.1 Å². The molecule has 0 bridgehead atoms. The summed E-state index contributed by atoms with van der Waals surface area (Å²) in [5.41, 5.74) is 1.78. The lowest BCUT2D eigenvalue weighted by molar-refractivity contribution is -0.148. The van der Waals surface area contributed by atoms with Crippen molar-refractivity contribution in [1.29, 1.82) is 0 Å². The summed E-state index contributed by atoms with van der Waals surface area (Å²) in [5.74, 6) is -0.126. The van der Waals surface area contributed by atoms with E-state index in [4.69, 9.17) is 4.74 Å². The Morgan fingerprint density at radius 1 is 1.33 bits per heavy atom. The Hall–Kier alpha value is -1.09. The maximum absolute atomic E-state index is 12.2. The van der Waals surface area contributed by atoms with Crippen molar-refractivity contribution in [2.75, 3.05) is 7.11 Å². The van der Waals surface area contributed by atoms with Crippen LogP contribution in [0.4, 0.5) is 0 Å². The number of alkyl halides is 1. The Kier molecular flexibility index (Phi) is 4.23. The summed E-state index contributed by atoms with van der Waals surface area (Å²) in [7, 11) is 1.47. The number of carbonyl (C=O) groups excluding carboxylic acids is 1. The quantitative estimate of drug-likeness (QED) is 0.483. The summed E-state index contributed by atoms with van der Waals surface area (Å²) in [6.07, 6.45) is 6.69. The van der Waals surface area contributed by atoms with E-state index < -0.39 is 5.41 Å². The van der Waals surface area contributed by atoms with Crippen LogP contribution in [-0.2, 0) is 20.3 Å². The summed E-state index contributed by atoms with van der Waals surface area (Å²) in [4.78, 5) is 12.2. The summed E-state index contributed by atoms with van der Waals surface area (Å²) < 4.78 is 5.02. The first-order valence-electron chi connectivity index (χ1n) is 6.12. The Balaban J connectivity index is 2.39. The van der Waals surface area contributed by atoms with Crippen molar-refractivity contribution >= 4 is 21.9 Å². The van der Waals surface area contributed by atoms with Crippen LogP contribution >= 0.6 is 15.9 Å². The number of halogens is 1. The maximum Gasteiger partial charge on any atom is 0.316 e. The molecule has 0 heterocycles. The fraction of sp³-hybridized carbons (Fsp3) is 0.400. The van der Waals surface area contributed by atoms with Gasteiger partial charge in [-0.05, 0) is 30.4 Å². The maximum atomic E-state index is 12.2. The first-order valence-corrected chi connectivity index (χ1v) is 7.24. The number of allylic oxidation sites excluding steroid dienone is 2. The molecule has 1 aromatic rings. The van der Waals surface area contributed by atoms with E-state index in [9.17, 15) is 4.79 Å². The summed E-state index contributed by atoms with van der Waals surface area (Å²) in [6, 6.07) is 8.22. The molecular weight excluding hydrogens is 292 g/mol. The topological polar surface area (TPSA) is 26.3 Å². The van der Waals surface area contributed by atoms with E-state index in [0.29, 0.717) is 0 Å². The largest absolute Gasteiger partial charge is 0.468 e. The van der Waals surface area contributed by atoms with Gasteiger partial charge in [-0.3, -0.25) is 4.79 Å². The molecule has 0 aromatic heterocycles. The van der Waals surface area contributed by atoms with E-state index in [0.717, 1.165) is 30.2 Å². The van der Waals surface area contributed by atoms with Gasteiger partial charge < -0.3 is 4.74 Å².